The first kappa shape index (κ1) is 11.7. The van der Waals surface area contributed by atoms with Gasteiger partial charge in [0.2, 0.25) is 0 Å². The van der Waals surface area contributed by atoms with Crippen LogP contribution >= 0.6 is 0 Å². The highest BCUT2D eigenvalue weighted by molar-refractivity contribution is 4.73. The molecule has 1 heterocycles. The van der Waals surface area contributed by atoms with Gasteiger partial charge in [-0.3, -0.25) is 0 Å². The maximum atomic E-state index is 3.51. The van der Waals surface area contributed by atoms with Crippen LogP contribution in [0.2, 0.25) is 0 Å². The van der Waals surface area contributed by atoms with Crippen LogP contribution in [-0.4, -0.2) is 38.1 Å². The average molecular weight is 172 g/mol. The van der Waals surface area contributed by atoms with Crippen LogP contribution in [0.25, 0.3) is 0 Å². The quantitative estimate of drug-likeness (QED) is 0.638. The van der Waals surface area contributed by atoms with Gasteiger partial charge in [0.1, 0.15) is 0 Å². The van der Waals surface area contributed by atoms with Gasteiger partial charge in [0.25, 0.3) is 0 Å². The Labute approximate surface area is 78.1 Å². The predicted molar refractivity (Wildman–Crippen MR) is 57.6 cm³/mol. The summed E-state index contributed by atoms with van der Waals surface area (Å²) in [6.07, 6.45) is 4.13. The Kier molecular flexibility index (Phi) is 7.11. The summed E-state index contributed by atoms with van der Waals surface area (Å²) < 4.78 is 0. The second-order valence-electron chi connectivity index (χ2n) is 3.41. The van der Waals surface area contributed by atoms with E-state index in [0.29, 0.717) is 0 Å². The van der Waals surface area contributed by atoms with Gasteiger partial charge in [-0.25, -0.2) is 0 Å². The molecule has 0 saturated carbocycles. The van der Waals surface area contributed by atoms with Crippen LogP contribution < -0.4 is 5.32 Å². The summed E-state index contributed by atoms with van der Waals surface area (Å²) in [6.45, 7) is 8.42. The van der Waals surface area contributed by atoms with Gasteiger partial charge in [0.05, 0.1) is 0 Å². The Morgan fingerprint density at radius 3 is 2.50 bits per heavy atom. The van der Waals surface area contributed by atoms with Gasteiger partial charge in [-0.1, -0.05) is 6.42 Å². The largest absolute Gasteiger partial charge is 0.313 e. The van der Waals surface area contributed by atoms with Crippen molar-refractivity contribution in [3.8, 4) is 0 Å². The van der Waals surface area contributed by atoms with Crippen LogP contribution in [0.4, 0.5) is 0 Å². The minimum absolute atomic E-state index is 0. The smallest absolute Gasteiger partial charge is 0.0194 e. The summed E-state index contributed by atoms with van der Waals surface area (Å²) in [6, 6.07) is 0.753. The molecular weight excluding hydrogens is 148 g/mol. The van der Waals surface area contributed by atoms with Crippen molar-refractivity contribution in [2.24, 2.45) is 0 Å². The van der Waals surface area contributed by atoms with Crippen molar-refractivity contribution >= 4 is 0 Å². The molecule has 2 heteroatoms. The Morgan fingerprint density at radius 1 is 1.42 bits per heavy atom. The van der Waals surface area contributed by atoms with Crippen molar-refractivity contribution in [3.63, 3.8) is 0 Å². The highest BCUT2D eigenvalue weighted by Crippen LogP contribution is 2.06. The Bertz CT molecular complexity index is 101. The molecule has 1 aliphatic rings. The molecule has 1 aliphatic heterocycles. The van der Waals surface area contributed by atoms with Gasteiger partial charge in [-0.15, -0.1) is 13.2 Å². The van der Waals surface area contributed by atoms with Gasteiger partial charge >= 0.3 is 0 Å². The SMILES string of the molecule is C=C.CN(C)C[C@H]1CCCCN1.[HH]. The Balaban J connectivity index is 0. The lowest BCUT2D eigenvalue weighted by Crippen LogP contribution is -2.41. The summed E-state index contributed by atoms with van der Waals surface area (Å²) >= 11 is 0. The number of hydrogen-bond acceptors (Lipinski definition) is 2. The minimum atomic E-state index is 0. The molecule has 0 amide bonds. The molecule has 0 aromatic heterocycles. The van der Waals surface area contributed by atoms with Crippen LogP contribution in [0, 0.1) is 0 Å². The van der Waals surface area contributed by atoms with E-state index >= 15 is 0 Å². The minimum Gasteiger partial charge on any atom is -0.313 e. The second kappa shape index (κ2) is 7.32. The third kappa shape index (κ3) is 5.33. The van der Waals surface area contributed by atoms with E-state index in [1.165, 1.54) is 32.4 Å². The lowest BCUT2D eigenvalue weighted by Gasteiger charge is -2.25. The fourth-order valence-electron chi connectivity index (χ4n) is 1.52. The van der Waals surface area contributed by atoms with Crippen LogP contribution in [0.1, 0.15) is 20.7 Å². The molecule has 0 aromatic rings. The van der Waals surface area contributed by atoms with Crippen molar-refractivity contribution in [3.05, 3.63) is 13.2 Å². The second-order valence-corrected chi connectivity index (χ2v) is 3.41. The molecule has 0 aliphatic carbocycles. The van der Waals surface area contributed by atoms with Gasteiger partial charge in [0.15, 0.2) is 0 Å². The maximum absolute atomic E-state index is 3.51. The molecule has 0 aromatic carbocycles. The normalized spacial score (nSPS) is 23.1. The zero-order valence-corrected chi connectivity index (χ0v) is 8.47. The fraction of sp³-hybridized carbons (Fsp3) is 0.800. The van der Waals surface area contributed by atoms with E-state index in [2.05, 4.69) is 37.5 Å². The first-order valence-electron chi connectivity index (χ1n) is 4.67. The molecular formula is C10H24N2. The van der Waals surface area contributed by atoms with Crippen LogP contribution in [0.15, 0.2) is 13.2 Å². The molecule has 1 fully saturated rings. The predicted octanol–water partition coefficient (Wildman–Crippen LogP) is 1.74. The van der Waals surface area contributed by atoms with Gasteiger partial charge in [-0.05, 0) is 33.5 Å². The highest BCUT2D eigenvalue weighted by atomic mass is 15.1. The maximum Gasteiger partial charge on any atom is 0.0194 e. The lowest BCUT2D eigenvalue weighted by molar-refractivity contribution is 0.298. The molecule has 0 bridgehead atoms. The summed E-state index contributed by atoms with van der Waals surface area (Å²) in [5, 5.41) is 3.51. The monoisotopic (exact) mass is 172 g/mol. The molecule has 1 rings (SSSR count). The zero-order chi connectivity index (χ0) is 9.40. The van der Waals surface area contributed by atoms with E-state index in [0.717, 1.165) is 6.04 Å². The van der Waals surface area contributed by atoms with Crippen molar-refractivity contribution in [1.29, 1.82) is 0 Å². The highest BCUT2D eigenvalue weighted by Gasteiger charge is 2.11. The molecule has 0 unspecified atom stereocenters. The number of piperidine rings is 1. The Morgan fingerprint density at radius 2 is 2.08 bits per heavy atom. The molecule has 12 heavy (non-hydrogen) atoms. The fourth-order valence-corrected chi connectivity index (χ4v) is 1.52. The van der Waals surface area contributed by atoms with Crippen molar-refractivity contribution in [2.45, 2.75) is 25.3 Å². The van der Waals surface area contributed by atoms with E-state index in [4.69, 9.17) is 0 Å². The first-order valence-corrected chi connectivity index (χ1v) is 4.67. The van der Waals surface area contributed by atoms with E-state index in [1.807, 2.05) is 0 Å². The van der Waals surface area contributed by atoms with Crippen LogP contribution in [0.5, 0.6) is 0 Å². The van der Waals surface area contributed by atoms with Gasteiger partial charge < -0.3 is 10.2 Å². The number of rotatable bonds is 2. The van der Waals surface area contributed by atoms with Crippen molar-refractivity contribution in [2.75, 3.05) is 27.2 Å². The summed E-state index contributed by atoms with van der Waals surface area (Å²) in [5.41, 5.74) is 0. The topological polar surface area (TPSA) is 15.3 Å². The molecule has 0 radical (unpaired) electrons. The molecule has 74 valence electrons. The Hall–Kier alpha value is -0.340. The zero-order valence-electron chi connectivity index (χ0n) is 8.47. The van der Waals surface area contributed by atoms with Crippen LogP contribution in [-0.2, 0) is 0 Å². The number of nitrogens with one attached hydrogen (secondary N) is 1. The standard InChI is InChI=1S/C8H18N2.C2H4.H2/c1-10(2)7-8-5-3-4-6-9-8;1-2;/h8-9H,3-7H2,1-2H3;1-2H2;1H/t8-;;/m1../s1. The summed E-state index contributed by atoms with van der Waals surface area (Å²) in [4.78, 5) is 2.25. The first-order chi connectivity index (χ1) is 5.79. The molecule has 1 atom stereocenters. The third-order valence-electron chi connectivity index (χ3n) is 2.00. The molecule has 1 N–H and O–H groups in total. The van der Waals surface area contributed by atoms with Crippen molar-refractivity contribution < 1.29 is 1.43 Å². The summed E-state index contributed by atoms with van der Waals surface area (Å²) in [7, 11) is 4.27. The lowest BCUT2D eigenvalue weighted by atomic mass is 10.1. The molecule has 1 saturated heterocycles. The van der Waals surface area contributed by atoms with E-state index in [-0.39, 0.29) is 1.43 Å². The van der Waals surface area contributed by atoms with E-state index in [9.17, 15) is 0 Å². The van der Waals surface area contributed by atoms with Crippen molar-refractivity contribution in [1.82, 2.24) is 10.2 Å². The third-order valence-corrected chi connectivity index (χ3v) is 2.00. The number of hydrogen-bond donors (Lipinski definition) is 1. The number of nitrogens with zero attached hydrogens (tertiary/aromatic N) is 1. The van der Waals surface area contributed by atoms with E-state index in [1.54, 1.807) is 0 Å². The molecule has 0 spiro atoms. The summed E-state index contributed by atoms with van der Waals surface area (Å²) in [5.74, 6) is 0. The number of likely N-dealkylation sites (N-methyl/N-ethyl adjacent to an activating group) is 1. The van der Waals surface area contributed by atoms with Gasteiger partial charge in [-0.2, -0.15) is 0 Å². The average Bonchev–Trinajstić information content (AvgIpc) is 2.08. The van der Waals surface area contributed by atoms with E-state index < -0.39 is 0 Å². The molecule has 2 nitrogen and oxygen atoms in total. The van der Waals surface area contributed by atoms with Crippen LogP contribution in [0.3, 0.4) is 0 Å². The van der Waals surface area contributed by atoms with Gasteiger partial charge in [0, 0.05) is 14.0 Å².